The van der Waals surface area contributed by atoms with Gasteiger partial charge in [0.05, 0.1) is 12.1 Å². The lowest BCUT2D eigenvalue weighted by Gasteiger charge is -2.14. The Hall–Kier alpha value is -2.09. The van der Waals surface area contributed by atoms with Crippen molar-refractivity contribution in [3.8, 4) is 5.75 Å². The van der Waals surface area contributed by atoms with Crippen LogP contribution >= 0.6 is 11.6 Å². The van der Waals surface area contributed by atoms with E-state index in [0.717, 1.165) is 15.6 Å². The van der Waals surface area contributed by atoms with Gasteiger partial charge in [-0.25, -0.2) is 12.7 Å². The van der Waals surface area contributed by atoms with E-state index < -0.39 is 10.0 Å². The molecular formula is C18H21ClN2O4S. The third-order valence-electron chi connectivity index (χ3n) is 3.82. The number of amides is 1. The summed E-state index contributed by atoms with van der Waals surface area (Å²) in [6, 6.07) is 11.8. The standard InChI is InChI=1S/C18H21ClN2O4S/c1-21(2)26(23,24)17-12-14(8-9-15(17)19)18(22)20-11-10-13-6-4-5-7-16(13)25-3/h4-9,12H,10-11H2,1-3H3,(H,20,22). The molecule has 26 heavy (non-hydrogen) atoms. The Morgan fingerprint density at radius 2 is 1.88 bits per heavy atom. The van der Waals surface area contributed by atoms with Crippen molar-refractivity contribution in [2.45, 2.75) is 11.3 Å². The Kier molecular flexibility index (Phi) is 6.63. The number of carbonyl (C=O) groups is 1. The molecule has 0 saturated carbocycles. The molecule has 6 nitrogen and oxygen atoms in total. The number of carbonyl (C=O) groups excluding carboxylic acids is 1. The minimum atomic E-state index is -3.73. The lowest BCUT2D eigenvalue weighted by atomic mass is 10.1. The number of nitrogens with one attached hydrogen (secondary N) is 1. The largest absolute Gasteiger partial charge is 0.496 e. The van der Waals surface area contributed by atoms with Gasteiger partial charge in [0.2, 0.25) is 10.0 Å². The highest BCUT2D eigenvalue weighted by Gasteiger charge is 2.22. The number of sulfonamides is 1. The maximum absolute atomic E-state index is 12.4. The third kappa shape index (κ3) is 4.55. The van der Waals surface area contributed by atoms with Crippen LogP contribution < -0.4 is 10.1 Å². The third-order valence-corrected chi connectivity index (χ3v) is 6.12. The molecule has 2 aromatic rings. The summed E-state index contributed by atoms with van der Waals surface area (Å²) in [6.07, 6.45) is 0.589. The van der Waals surface area contributed by atoms with Crippen molar-refractivity contribution in [1.29, 1.82) is 0 Å². The topological polar surface area (TPSA) is 75.7 Å². The predicted octanol–water partition coefficient (Wildman–Crippen LogP) is 2.57. The smallest absolute Gasteiger partial charge is 0.251 e. The van der Waals surface area contributed by atoms with E-state index in [0.29, 0.717) is 13.0 Å². The SMILES string of the molecule is COc1ccccc1CCNC(=O)c1ccc(Cl)c(S(=O)(=O)N(C)C)c1. The molecule has 2 rings (SSSR count). The maximum Gasteiger partial charge on any atom is 0.251 e. The van der Waals surface area contributed by atoms with Crippen molar-refractivity contribution >= 4 is 27.5 Å². The summed E-state index contributed by atoms with van der Waals surface area (Å²) in [4.78, 5) is 12.3. The van der Waals surface area contributed by atoms with Gasteiger partial charge in [0, 0.05) is 26.2 Å². The molecule has 140 valence electrons. The number of ether oxygens (including phenoxy) is 1. The second kappa shape index (κ2) is 8.53. The summed E-state index contributed by atoms with van der Waals surface area (Å²) in [5, 5.41) is 2.85. The number of para-hydroxylation sites is 1. The summed E-state index contributed by atoms with van der Waals surface area (Å²) in [6.45, 7) is 0.387. The molecule has 0 aliphatic rings. The molecule has 0 unspecified atom stereocenters. The molecule has 1 amide bonds. The molecule has 1 N–H and O–H groups in total. The van der Waals surface area contributed by atoms with E-state index in [1.807, 2.05) is 24.3 Å². The van der Waals surface area contributed by atoms with E-state index in [1.165, 1.54) is 32.3 Å². The summed E-state index contributed by atoms with van der Waals surface area (Å²) in [5.41, 5.74) is 1.21. The second-order valence-corrected chi connectivity index (χ2v) is 8.28. The molecule has 0 spiro atoms. The zero-order chi connectivity index (χ0) is 19.3. The average Bonchev–Trinajstić information content (AvgIpc) is 2.62. The number of halogens is 1. The Bertz CT molecular complexity index is 898. The predicted molar refractivity (Wildman–Crippen MR) is 101 cm³/mol. The van der Waals surface area contributed by atoms with E-state index in [2.05, 4.69) is 5.32 Å². The highest BCUT2D eigenvalue weighted by Crippen LogP contribution is 2.25. The lowest BCUT2D eigenvalue weighted by Crippen LogP contribution is -2.27. The zero-order valence-electron chi connectivity index (χ0n) is 14.8. The van der Waals surface area contributed by atoms with Gasteiger partial charge in [-0.2, -0.15) is 0 Å². The molecule has 2 aromatic carbocycles. The molecule has 0 aliphatic heterocycles. The normalized spacial score (nSPS) is 11.4. The molecule has 0 fully saturated rings. The van der Waals surface area contributed by atoms with Crippen molar-refractivity contribution in [1.82, 2.24) is 9.62 Å². The van der Waals surface area contributed by atoms with E-state index in [-0.39, 0.29) is 21.4 Å². The van der Waals surface area contributed by atoms with Gasteiger partial charge in [-0.15, -0.1) is 0 Å². The van der Waals surface area contributed by atoms with Gasteiger partial charge in [0.15, 0.2) is 0 Å². The summed E-state index contributed by atoms with van der Waals surface area (Å²) in [5.74, 6) is 0.388. The Morgan fingerprint density at radius 1 is 1.19 bits per heavy atom. The van der Waals surface area contributed by atoms with E-state index in [4.69, 9.17) is 16.3 Å². The van der Waals surface area contributed by atoms with Gasteiger partial charge in [0.25, 0.3) is 5.91 Å². The number of rotatable bonds is 7. The lowest BCUT2D eigenvalue weighted by molar-refractivity contribution is 0.0954. The number of methoxy groups -OCH3 is 1. The molecule has 0 aliphatic carbocycles. The minimum absolute atomic E-state index is 0.0734. The number of benzene rings is 2. The first-order valence-corrected chi connectivity index (χ1v) is 9.71. The molecule has 0 aromatic heterocycles. The first kappa shape index (κ1) is 20.2. The summed E-state index contributed by atoms with van der Waals surface area (Å²) < 4.78 is 30.9. The minimum Gasteiger partial charge on any atom is -0.496 e. The van der Waals surface area contributed by atoms with Crippen LogP contribution in [0, 0.1) is 0 Å². The van der Waals surface area contributed by atoms with Gasteiger partial charge in [-0.05, 0) is 36.2 Å². The van der Waals surface area contributed by atoms with Gasteiger partial charge in [0.1, 0.15) is 10.6 Å². The van der Waals surface area contributed by atoms with Gasteiger partial charge >= 0.3 is 0 Å². The van der Waals surface area contributed by atoms with Crippen LogP contribution in [0.4, 0.5) is 0 Å². The first-order chi connectivity index (χ1) is 12.3. The number of hydrogen-bond acceptors (Lipinski definition) is 4. The second-order valence-electron chi connectivity index (χ2n) is 5.75. The zero-order valence-corrected chi connectivity index (χ0v) is 16.4. The van der Waals surface area contributed by atoms with Crippen molar-refractivity contribution in [3.63, 3.8) is 0 Å². The summed E-state index contributed by atoms with van der Waals surface area (Å²) >= 11 is 6.00. The molecule has 0 atom stereocenters. The monoisotopic (exact) mass is 396 g/mol. The number of nitrogens with zero attached hydrogens (tertiary/aromatic N) is 1. The molecule has 8 heteroatoms. The molecule has 0 heterocycles. The van der Waals surface area contributed by atoms with Crippen LogP contribution in [-0.4, -0.2) is 46.4 Å². The molecular weight excluding hydrogens is 376 g/mol. The van der Waals surface area contributed by atoms with Gasteiger partial charge in [-0.1, -0.05) is 29.8 Å². The fourth-order valence-corrected chi connectivity index (χ4v) is 3.76. The quantitative estimate of drug-likeness (QED) is 0.780. The van der Waals surface area contributed by atoms with Crippen LogP contribution in [0.2, 0.25) is 5.02 Å². The average molecular weight is 397 g/mol. The van der Waals surface area contributed by atoms with E-state index in [1.54, 1.807) is 7.11 Å². The van der Waals surface area contributed by atoms with E-state index >= 15 is 0 Å². The van der Waals surface area contributed by atoms with Crippen LogP contribution in [0.3, 0.4) is 0 Å². The Balaban J connectivity index is 2.11. The van der Waals surface area contributed by atoms with Crippen molar-refractivity contribution in [2.75, 3.05) is 27.7 Å². The van der Waals surface area contributed by atoms with Crippen molar-refractivity contribution < 1.29 is 17.9 Å². The Morgan fingerprint density at radius 3 is 2.54 bits per heavy atom. The fourth-order valence-electron chi connectivity index (χ4n) is 2.36. The highest BCUT2D eigenvalue weighted by atomic mass is 35.5. The van der Waals surface area contributed by atoms with Crippen LogP contribution in [0.25, 0.3) is 0 Å². The van der Waals surface area contributed by atoms with Crippen LogP contribution in [0.5, 0.6) is 5.75 Å². The maximum atomic E-state index is 12.4. The fraction of sp³-hybridized carbons (Fsp3) is 0.278. The van der Waals surface area contributed by atoms with Crippen molar-refractivity contribution in [2.24, 2.45) is 0 Å². The Labute approximate surface area is 158 Å². The van der Waals surface area contributed by atoms with Crippen molar-refractivity contribution in [3.05, 3.63) is 58.6 Å². The summed E-state index contributed by atoms with van der Waals surface area (Å²) in [7, 11) is 0.681. The van der Waals surface area contributed by atoms with Crippen LogP contribution in [0.1, 0.15) is 15.9 Å². The highest BCUT2D eigenvalue weighted by molar-refractivity contribution is 7.89. The van der Waals surface area contributed by atoms with E-state index in [9.17, 15) is 13.2 Å². The van der Waals surface area contributed by atoms with Gasteiger partial charge in [-0.3, -0.25) is 4.79 Å². The van der Waals surface area contributed by atoms with Crippen LogP contribution in [-0.2, 0) is 16.4 Å². The van der Waals surface area contributed by atoms with Gasteiger partial charge < -0.3 is 10.1 Å². The van der Waals surface area contributed by atoms with Crippen LogP contribution in [0.15, 0.2) is 47.4 Å². The number of hydrogen-bond donors (Lipinski definition) is 1. The molecule has 0 saturated heterocycles. The molecule has 0 bridgehead atoms. The molecule has 0 radical (unpaired) electrons. The first-order valence-electron chi connectivity index (χ1n) is 7.89.